The van der Waals surface area contributed by atoms with E-state index in [1.54, 1.807) is 0 Å². The molecule has 1 aliphatic carbocycles. The Morgan fingerprint density at radius 2 is 1.47 bits per heavy atom. The summed E-state index contributed by atoms with van der Waals surface area (Å²) in [6.07, 6.45) is 15.2. The monoisotopic (exact) mass is 520 g/mol. The molecule has 2 aromatic rings. The first-order valence-corrected chi connectivity index (χ1v) is 14.5. The molecule has 0 spiro atoms. The number of benzene rings is 2. The number of unbranched alkanes of at least 4 members (excludes halogenated alkanes) is 9. The third-order valence-corrected chi connectivity index (χ3v) is 7.66. The Kier molecular flexibility index (Phi) is 12.3. The van der Waals surface area contributed by atoms with Gasteiger partial charge in [-0.3, -0.25) is 9.59 Å². The molecule has 2 atom stereocenters. The number of carboxylic acids is 1. The Bertz CT molecular complexity index is 1030. The van der Waals surface area contributed by atoms with Crippen molar-refractivity contribution in [3.8, 4) is 0 Å². The number of nitrogens with one attached hydrogen (secondary N) is 2. The minimum Gasteiger partial charge on any atom is -0.474 e. The van der Waals surface area contributed by atoms with Crippen LogP contribution in [-0.2, 0) is 22.4 Å². The molecule has 2 amide bonds. The molecule has 3 rings (SSSR count). The summed E-state index contributed by atoms with van der Waals surface area (Å²) in [5.74, 6) is -2.43. The van der Waals surface area contributed by atoms with Crippen LogP contribution in [-0.4, -0.2) is 29.4 Å². The smallest absolute Gasteiger partial charge is 0.394 e. The SMILES string of the molecule is CCCCCCCCCCCCNC(=O)c1ccc(CC2CCc3ccccc3C2NC(=O)C(=O)O)cc1. The van der Waals surface area contributed by atoms with Gasteiger partial charge in [-0.15, -0.1) is 0 Å². The van der Waals surface area contributed by atoms with Gasteiger partial charge in [0.1, 0.15) is 0 Å². The molecule has 1 aliphatic rings. The molecule has 0 aromatic heterocycles. The van der Waals surface area contributed by atoms with E-state index in [0.29, 0.717) is 18.5 Å². The van der Waals surface area contributed by atoms with Crippen molar-refractivity contribution in [2.75, 3.05) is 6.54 Å². The number of aryl methyl sites for hydroxylation is 1. The highest BCUT2D eigenvalue weighted by molar-refractivity contribution is 6.31. The molecule has 6 nitrogen and oxygen atoms in total. The fourth-order valence-electron chi connectivity index (χ4n) is 5.46. The summed E-state index contributed by atoms with van der Waals surface area (Å²) in [6, 6.07) is 15.2. The van der Waals surface area contributed by atoms with Crippen LogP contribution in [0.4, 0.5) is 0 Å². The molecule has 0 saturated carbocycles. The molecule has 0 bridgehead atoms. The predicted octanol–water partition coefficient (Wildman–Crippen LogP) is 6.38. The Balaban J connectivity index is 1.43. The number of hydrogen-bond donors (Lipinski definition) is 3. The molecule has 2 aromatic carbocycles. The topological polar surface area (TPSA) is 95.5 Å². The lowest BCUT2D eigenvalue weighted by Gasteiger charge is -2.34. The van der Waals surface area contributed by atoms with Crippen molar-refractivity contribution in [2.45, 2.75) is 96.4 Å². The first-order chi connectivity index (χ1) is 18.5. The van der Waals surface area contributed by atoms with Crippen LogP contribution in [0.3, 0.4) is 0 Å². The predicted molar refractivity (Wildman–Crippen MR) is 151 cm³/mol. The molecule has 6 heteroatoms. The van der Waals surface area contributed by atoms with E-state index in [1.165, 1.54) is 51.4 Å². The van der Waals surface area contributed by atoms with Gasteiger partial charge in [0.05, 0.1) is 6.04 Å². The van der Waals surface area contributed by atoms with Crippen molar-refractivity contribution in [2.24, 2.45) is 5.92 Å². The maximum absolute atomic E-state index is 12.6. The number of fused-ring (bicyclic) bond motifs is 1. The highest BCUT2D eigenvalue weighted by Gasteiger charge is 2.32. The quantitative estimate of drug-likeness (QED) is 0.187. The third kappa shape index (κ3) is 9.30. The summed E-state index contributed by atoms with van der Waals surface area (Å²) in [7, 11) is 0. The Morgan fingerprint density at radius 3 is 2.13 bits per heavy atom. The van der Waals surface area contributed by atoms with Crippen molar-refractivity contribution in [1.82, 2.24) is 10.6 Å². The molecule has 38 heavy (non-hydrogen) atoms. The van der Waals surface area contributed by atoms with Crippen molar-refractivity contribution in [3.05, 3.63) is 70.8 Å². The lowest BCUT2D eigenvalue weighted by atomic mass is 9.77. The molecular formula is C32H44N2O4. The second-order valence-corrected chi connectivity index (χ2v) is 10.6. The summed E-state index contributed by atoms with van der Waals surface area (Å²) in [4.78, 5) is 35.8. The maximum atomic E-state index is 12.6. The Hall–Kier alpha value is -3.15. The van der Waals surface area contributed by atoms with Crippen LogP contribution in [0.5, 0.6) is 0 Å². The number of aliphatic carboxylic acids is 1. The van der Waals surface area contributed by atoms with Gasteiger partial charge in [0.15, 0.2) is 0 Å². The average Bonchev–Trinajstić information content (AvgIpc) is 2.93. The van der Waals surface area contributed by atoms with Crippen LogP contribution in [0.25, 0.3) is 0 Å². The highest BCUT2D eigenvalue weighted by atomic mass is 16.4. The molecule has 3 N–H and O–H groups in total. The zero-order valence-corrected chi connectivity index (χ0v) is 22.8. The molecule has 2 unspecified atom stereocenters. The van der Waals surface area contributed by atoms with E-state index in [0.717, 1.165) is 42.4 Å². The molecule has 206 valence electrons. The van der Waals surface area contributed by atoms with Crippen LogP contribution in [0.1, 0.15) is 111 Å². The zero-order chi connectivity index (χ0) is 27.2. The number of carboxylic acid groups (broad SMARTS) is 1. The lowest BCUT2D eigenvalue weighted by molar-refractivity contribution is -0.150. The van der Waals surface area contributed by atoms with Gasteiger partial charge in [-0.2, -0.15) is 0 Å². The van der Waals surface area contributed by atoms with Crippen LogP contribution in [0, 0.1) is 5.92 Å². The van der Waals surface area contributed by atoms with Gasteiger partial charge in [-0.25, -0.2) is 4.79 Å². The van der Waals surface area contributed by atoms with Gasteiger partial charge in [0.25, 0.3) is 5.91 Å². The first kappa shape index (κ1) is 29.4. The fraction of sp³-hybridized carbons (Fsp3) is 0.531. The Labute approximate surface area is 227 Å². The van der Waals surface area contributed by atoms with Crippen LogP contribution < -0.4 is 10.6 Å². The van der Waals surface area contributed by atoms with Gasteiger partial charge >= 0.3 is 11.9 Å². The number of hydrogen-bond acceptors (Lipinski definition) is 3. The largest absolute Gasteiger partial charge is 0.474 e. The lowest BCUT2D eigenvalue weighted by Crippen LogP contribution is -2.40. The van der Waals surface area contributed by atoms with Crippen molar-refractivity contribution >= 4 is 17.8 Å². The minimum atomic E-state index is -1.47. The summed E-state index contributed by atoms with van der Waals surface area (Å²) in [6.45, 7) is 2.94. The van der Waals surface area contributed by atoms with E-state index in [4.69, 9.17) is 5.11 Å². The van der Waals surface area contributed by atoms with Gasteiger partial charge in [0.2, 0.25) is 0 Å². The van der Waals surface area contributed by atoms with E-state index in [9.17, 15) is 14.4 Å². The molecule has 0 saturated heterocycles. The van der Waals surface area contributed by atoms with E-state index < -0.39 is 11.9 Å². The van der Waals surface area contributed by atoms with Gasteiger partial charge in [-0.1, -0.05) is 101 Å². The summed E-state index contributed by atoms with van der Waals surface area (Å²) >= 11 is 0. The standard InChI is InChI=1S/C32H44N2O4/c1-2-3-4-5-6-7-8-9-10-13-22-33-30(35)26-18-16-24(17-19-26)23-27-21-20-25-14-11-12-15-28(25)29(27)34-31(36)32(37)38/h11-12,14-19,27,29H,2-10,13,20-23H2,1H3,(H,33,35)(H,34,36)(H,37,38). The first-order valence-electron chi connectivity index (χ1n) is 14.5. The van der Waals surface area contributed by atoms with E-state index >= 15 is 0 Å². The second kappa shape index (κ2) is 16.0. The minimum absolute atomic E-state index is 0.0503. The summed E-state index contributed by atoms with van der Waals surface area (Å²) in [5.41, 5.74) is 3.84. The molecule has 0 heterocycles. The van der Waals surface area contributed by atoms with E-state index in [-0.39, 0.29) is 17.9 Å². The molecule has 0 radical (unpaired) electrons. The van der Waals surface area contributed by atoms with E-state index in [1.807, 2.05) is 48.5 Å². The summed E-state index contributed by atoms with van der Waals surface area (Å²) in [5, 5.41) is 14.9. The number of carbonyl (C=O) groups is 3. The fourth-order valence-corrected chi connectivity index (χ4v) is 5.46. The molecule has 0 fully saturated rings. The van der Waals surface area contributed by atoms with Crippen molar-refractivity contribution < 1.29 is 19.5 Å². The Morgan fingerprint density at radius 1 is 0.842 bits per heavy atom. The van der Waals surface area contributed by atoms with Gasteiger partial charge < -0.3 is 15.7 Å². The number of rotatable bonds is 15. The molecule has 0 aliphatic heterocycles. The maximum Gasteiger partial charge on any atom is 0.394 e. The van der Waals surface area contributed by atoms with Gasteiger partial charge in [0, 0.05) is 12.1 Å². The highest BCUT2D eigenvalue weighted by Crippen LogP contribution is 2.36. The summed E-state index contributed by atoms with van der Waals surface area (Å²) < 4.78 is 0. The normalized spacial score (nSPS) is 16.4. The van der Waals surface area contributed by atoms with Crippen molar-refractivity contribution in [3.63, 3.8) is 0 Å². The van der Waals surface area contributed by atoms with Crippen LogP contribution >= 0.6 is 0 Å². The van der Waals surface area contributed by atoms with Gasteiger partial charge in [-0.05, 0) is 60.4 Å². The van der Waals surface area contributed by atoms with E-state index in [2.05, 4.69) is 17.6 Å². The average molecular weight is 521 g/mol. The zero-order valence-electron chi connectivity index (χ0n) is 22.8. The van der Waals surface area contributed by atoms with Crippen molar-refractivity contribution in [1.29, 1.82) is 0 Å². The second-order valence-electron chi connectivity index (χ2n) is 10.6. The van der Waals surface area contributed by atoms with Crippen LogP contribution in [0.2, 0.25) is 0 Å². The third-order valence-electron chi connectivity index (χ3n) is 7.66. The number of carbonyl (C=O) groups excluding carboxylic acids is 2. The number of amides is 2. The van der Waals surface area contributed by atoms with Crippen LogP contribution in [0.15, 0.2) is 48.5 Å². The molecular weight excluding hydrogens is 476 g/mol.